The van der Waals surface area contributed by atoms with Crippen molar-refractivity contribution in [3.05, 3.63) is 29.6 Å². The Bertz CT molecular complexity index is 446. The molecule has 1 aromatic rings. The van der Waals surface area contributed by atoms with Crippen LogP contribution in [-0.4, -0.2) is 6.04 Å². The summed E-state index contributed by atoms with van der Waals surface area (Å²) in [6.45, 7) is 11.3. The lowest BCUT2D eigenvalue weighted by molar-refractivity contribution is 0.105. The molecule has 1 aromatic carbocycles. The molecule has 0 aliphatic heterocycles. The van der Waals surface area contributed by atoms with Crippen LogP contribution in [0, 0.1) is 23.6 Å². The van der Waals surface area contributed by atoms with E-state index in [1.807, 2.05) is 19.1 Å². The molecule has 1 saturated carbocycles. The van der Waals surface area contributed by atoms with Crippen LogP contribution in [-0.2, 0) is 0 Å². The second-order valence-corrected chi connectivity index (χ2v) is 7.74. The summed E-state index contributed by atoms with van der Waals surface area (Å²) in [4.78, 5) is 0. The van der Waals surface area contributed by atoms with Gasteiger partial charge in [0, 0.05) is 6.04 Å². The van der Waals surface area contributed by atoms with E-state index in [1.54, 1.807) is 6.07 Å². The summed E-state index contributed by atoms with van der Waals surface area (Å²) in [6, 6.07) is 5.63. The Morgan fingerprint density at radius 2 is 1.68 bits per heavy atom. The first-order valence-corrected chi connectivity index (χ1v) is 7.20. The van der Waals surface area contributed by atoms with Crippen molar-refractivity contribution < 1.29 is 4.39 Å². The maximum absolute atomic E-state index is 13.8. The number of hydrogen-bond acceptors (Lipinski definition) is 1. The Morgan fingerprint density at radius 1 is 1.11 bits per heavy atom. The lowest BCUT2D eigenvalue weighted by Crippen LogP contribution is -2.40. The standard InChI is InChI=1S/C17H26FN/c1-12-6-7-14(18)15(8-12)19-13-9-16(2,3)11-17(4,5)10-13/h6-8,13,19H,9-11H2,1-5H3. The van der Waals surface area contributed by atoms with Gasteiger partial charge in [-0.25, -0.2) is 4.39 Å². The highest BCUT2D eigenvalue weighted by Gasteiger charge is 2.38. The fourth-order valence-corrected chi connectivity index (χ4v) is 3.92. The van der Waals surface area contributed by atoms with E-state index in [9.17, 15) is 4.39 Å². The van der Waals surface area contributed by atoms with Gasteiger partial charge in [0.15, 0.2) is 0 Å². The summed E-state index contributed by atoms with van der Waals surface area (Å²) in [5.41, 5.74) is 2.39. The highest BCUT2D eigenvalue weighted by molar-refractivity contribution is 5.48. The first-order chi connectivity index (χ1) is 8.67. The Balaban J connectivity index is 2.16. The molecule has 0 unspecified atom stereocenters. The summed E-state index contributed by atoms with van der Waals surface area (Å²) < 4.78 is 13.8. The van der Waals surface area contributed by atoms with E-state index in [0.29, 0.717) is 22.6 Å². The van der Waals surface area contributed by atoms with Crippen molar-refractivity contribution in [2.75, 3.05) is 5.32 Å². The minimum absolute atomic E-state index is 0.146. The van der Waals surface area contributed by atoms with Crippen LogP contribution in [0.5, 0.6) is 0 Å². The first-order valence-electron chi connectivity index (χ1n) is 7.20. The maximum atomic E-state index is 13.8. The van der Waals surface area contributed by atoms with E-state index in [4.69, 9.17) is 0 Å². The molecule has 1 aliphatic rings. The molecule has 0 saturated heterocycles. The van der Waals surface area contributed by atoms with Gasteiger partial charge in [-0.3, -0.25) is 0 Å². The number of halogens is 1. The topological polar surface area (TPSA) is 12.0 Å². The average Bonchev–Trinajstić information content (AvgIpc) is 2.18. The molecule has 1 aliphatic carbocycles. The lowest BCUT2D eigenvalue weighted by atomic mass is 9.63. The predicted molar refractivity (Wildman–Crippen MR) is 80.0 cm³/mol. The highest BCUT2D eigenvalue weighted by Crippen LogP contribution is 2.46. The van der Waals surface area contributed by atoms with Crippen molar-refractivity contribution in [2.24, 2.45) is 10.8 Å². The molecule has 19 heavy (non-hydrogen) atoms. The Kier molecular flexibility index (Phi) is 3.63. The third-order valence-electron chi connectivity index (χ3n) is 4.04. The van der Waals surface area contributed by atoms with Crippen LogP contribution in [0.3, 0.4) is 0 Å². The molecule has 0 bridgehead atoms. The van der Waals surface area contributed by atoms with Gasteiger partial charge in [-0.2, -0.15) is 0 Å². The fraction of sp³-hybridized carbons (Fsp3) is 0.647. The highest BCUT2D eigenvalue weighted by atomic mass is 19.1. The number of rotatable bonds is 2. The van der Waals surface area contributed by atoms with Crippen molar-refractivity contribution in [2.45, 2.75) is 59.9 Å². The third-order valence-corrected chi connectivity index (χ3v) is 4.04. The fourth-order valence-electron chi connectivity index (χ4n) is 3.92. The summed E-state index contributed by atoms with van der Waals surface area (Å²) in [6.07, 6.45) is 3.43. The van der Waals surface area contributed by atoms with E-state index >= 15 is 0 Å². The summed E-state index contributed by atoms with van der Waals surface area (Å²) in [7, 11) is 0. The lowest BCUT2D eigenvalue weighted by Gasteiger charge is -2.45. The van der Waals surface area contributed by atoms with Crippen molar-refractivity contribution in [1.82, 2.24) is 0 Å². The maximum Gasteiger partial charge on any atom is 0.146 e. The number of hydrogen-bond donors (Lipinski definition) is 1. The average molecular weight is 263 g/mol. The minimum atomic E-state index is -0.146. The van der Waals surface area contributed by atoms with Crippen LogP contribution < -0.4 is 5.32 Å². The van der Waals surface area contributed by atoms with Crippen molar-refractivity contribution in [3.63, 3.8) is 0 Å². The third kappa shape index (κ3) is 3.71. The number of nitrogens with one attached hydrogen (secondary N) is 1. The molecule has 1 nitrogen and oxygen atoms in total. The number of benzene rings is 1. The van der Waals surface area contributed by atoms with Crippen LogP contribution in [0.2, 0.25) is 0 Å². The van der Waals surface area contributed by atoms with Gasteiger partial charge < -0.3 is 5.32 Å². The Morgan fingerprint density at radius 3 is 2.26 bits per heavy atom. The normalized spacial score (nSPS) is 22.2. The van der Waals surface area contributed by atoms with Gasteiger partial charge in [-0.15, -0.1) is 0 Å². The molecule has 106 valence electrons. The minimum Gasteiger partial charge on any atom is -0.380 e. The molecular formula is C17H26FN. The van der Waals surface area contributed by atoms with Crippen molar-refractivity contribution in [3.8, 4) is 0 Å². The van der Waals surface area contributed by atoms with E-state index in [0.717, 1.165) is 18.4 Å². The molecule has 1 fully saturated rings. The molecule has 0 heterocycles. The van der Waals surface area contributed by atoms with Gasteiger partial charge in [0.1, 0.15) is 5.82 Å². The number of anilines is 1. The van der Waals surface area contributed by atoms with Gasteiger partial charge in [-0.1, -0.05) is 33.8 Å². The second kappa shape index (κ2) is 4.81. The molecule has 2 heteroatoms. The van der Waals surface area contributed by atoms with E-state index in [2.05, 4.69) is 33.0 Å². The monoisotopic (exact) mass is 263 g/mol. The van der Waals surface area contributed by atoms with Crippen molar-refractivity contribution in [1.29, 1.82) is 0 Å². The smallest absolute Gasteiger partial charge is 0.146 e. The zero-order valence-corrected chi connectivity index (χ0v) is 12.8. The molecule has 0 atom stereocenters. The Hall–Kier alpha value is -1.05. The zero-order valence-electron chi connectivity index (χ0n) is 12.8. The van der Waals surface area contributed by atoms with E-state index in [1.165, 1.54) is 6.42 Å². The summed E-state index contributed by atoms with van der Waals surface area (Å²) in [5, 5.41) is 3.43. The Labute approximate surface area is 116 Å². The largest absolute Gasteiger partial charge is 0.380 e. The molecule has 0 spiro atoms. The summed E-state index contributed by atoms with van der Waals surface area (Å²) >= 11 is 0. The summed E-state index contributed by atoms with van der Waals surface area (Å²) in [5.74, 6) is -0.146. The molecule has 0 radical (unpaired) electrons. The van der Waals surface area contributed by atoms with Crippen LogP contribution in [0.15, 0.2) is 18.2 Å². The molecule has 0 aromatic heterocycles. The van der Waals surface area contributed by atoms with Gasteiger partial charge in [0.05, 0.1) is 5.69 Å². The van der Waals surface area contributed by atoms with Crippen LogP contribution in [0.1, 0.15) is 52.5 Å². The molecule has 1 N–H and O–H groups in total. The van der Waals surface area contributed by atoms with E-state index in [-0.39, 0.29) is 5.82 Å². The molecule has 0 amide bonds. The van der Waals surface area contributed by atoms with Gasteiger partial charge >= 0.3 is 0 Å². The predicted octanol–water partition coefficient (Wildman–Crippen LogP) is 5.15. The van der Waals surface area contributed by atoms with Crippen molar-refractivity contribution >= 4 is 5.69 Å². The van der Waals surface area contributed by atoms with Gasteiger partial charge in [0.25, 0.3) is 0 Å². The first kappa shape index (κ1) is 14.4. The van der Waals surface area contributed by atoms with Gasteiger partial charge in [0.2, 0.25) is 0 Å². The number of aryl methyl sites for hydroxylation is 1. The van der Waals surface area contributed by atoms with Crippen LogP contribution in [0.25, 0.3) is 0 Å². The van der Waals surface area contributed by atoms with Crippen LogP contribution >= 0.6 is 0 Å². The molecular weight excluding hydrogens is 237 g/mol. The SMILES string of the molecule is Cc1ccc(F)c(NC2CC(C)(C)CC(C)(C)C2)c1. The molecule has 2 rings (SSSR count). The van der Waals surface area contributed by atoms with E-state index < -0.39 is 0 Å². The zero-order chi connectivity index (χ0) is 14.3. The van der Waals surface area contributed by atoms with Crippen LogP contribution in [0.4, 0.5) is 10.1 Å². The second-order valence-electron chi connectivity index (χ2n) is 7.74. The quantitative estimate of drug-likeness (QED) is 0.778. The van der Waals surface area contributed by atoms with Gasteiger partial charge in [-0.05, 0) is 54.7 Å².